The first kappa shape index (κ1) is 10.7. The van der Waals surface area contributed by atoms with Gasteiger partial charge in [0.15, 0.2) is 11.6 Å². The van der Waals surface area contributed by atoms with Crippen molar-refractivity contribution in [3.8, 4) is 0 Å². The fourth-order valence-electron chi connectivity index (χ4n) is 2.74. The van der Waals surface area contributed by atoms with Crippen molar-refractivity contribution in [3.05, 3.63) is 41.7 Å². The monoisotopic (exact) mass is 239 g/mol. The molecule has 1 N–H and O–H groups in total. The standard InChI is InChI=1S/C13H12F3N/c14-8-5-10(15)13(16)12(6-8)17-11-4-7-2-1-3-9(7)11/h1,3,5-7,9,11,17H,2,4H2. The molecule has 0 spiro atoms. The highest BCUT2D eigenvalue weighted by molar-refractivity contribution is 5.47. The number of allylic oxidation sites excluding steroid dienone is 1. The van der Waals surface area contributed by atoms with E-state index in [0.717, 1.165) is 18.9 Å². The highest BCUT2D eigenvalue weighted by Crippen LogP contribution is 2.44. The molecule has 1 fully saturated rings. The van der Waals surface area contributed by atoms with Crippen LogP contribution in [-0.2, 0) is 0 Å². The summed E-state index contributed by atoms with van der Waals surface area (Å²) in [6.07, 6.45) is 6.19. The van der Waals surface area contributed by atoms with Crippen LogP contribution in [0.1, 0.15) is 12.8 Å². The first-order valence-electron chi connectivity index (χ1n) is 5.73. The molecule has 2 aliphatic carbocycles. The lowest BCUT2D eigenvalue weighted by Crippen LogP contribution is -2.43. The van der Waals surface area contributed by atoms with Crippen molar-refractivity contribution in [2.75, 3.05) is 5.32 Å². The molecule has 0 saturated heterocycles. The molecular formula is C13H12F3N. The van der Waals surface area contributed by atoms with E-state index < -0.39 is 17.5 Å². The fraction of sp³-hybridized carbons (Fsp3) is 0.385. The molecule has 0 aliphatic heterocycles. The fourth-order valence-corrected chi connectivity index (χ4v) is 2.74. The SMILES string of the molecule is Fc1cc(F)c(F)c(NC2CC3CC=CC32)c1. The highest BCUT2D eigenvalue weighted by atomic mass is 19.2. The van der Waals surface area contributed by atoms with Crippen molar-refractivity contribution in [1.29, 1.82) is 0 Å². The van der Waals surface area contributed by atoms with Gasteiger partial charge in [-0.05, 0) is 18.8 Å². The van der Waals surface area contributed by atoms with E-state index in [1.54, 1.807) is 0 Å². The van der Waals surface area contributed by atoms with Gasteiger partial charge in [0.2, 0.25) is 0 Å². The third kappa shape index (κ3) is 1.72. The quantitative estimate of drug-likeness (QED) is 0.615. The maximum Gasteiger partial charge on any atom is 0.182 e. The van der Waals surface area contributed by atoms with Gasteiger partial charge < -0.3 is 5.32 Å². The molecule has 1 aromatic rings. The number of nitrogens with one attached hydrogen (secondary N) is 1. The third-order valence-corrected chi connectivity index (χ3v) is 3.70. The number of rotatable bonds is 2. The minimum absolute atomic E-state index is 0.0775. The van der Waals surface area contributed by atoms with Gasteiger partial charge in [-0.3, -0.25) is 0 Å². The summed E-state index contributed by atoms with van der Waals surface area (Å²) in [5.74, 6) is -1.92. The zero-order chi connectivity index (χ0) is 12.0. The lowest BCUT2D eigenvalue weighted by atomic mass is 9.71. The lowest BCUT2D eigenvalue weighted by Gasteiger charge is -2.41. The van der Waals surface area contributed by atoms with Crippen LogP contribution < -0.4 is 5.32 Å². The molecule has 4 heteroatoms. The Hall–Kier alpha value is -1.45. The van der Waals surface area contributed by atoms with E-state index in [1.807, 2.05) is 0 Å². The molecule has 17 heavy (non-hydrogen) atoms. The third-order valence-electron chi connectivity index (χ3n) is 3.70. The summed E-state index contributed by atoms with van der Waals surface area (Å²) < 4.78 is 39.4. The molecule has 1 nitrogen and oxygen atoms in total. The molecule has 90 valence electrons. The summed E-state index contributed by atoms with van der Waals surface area (Å²) >= 11 is 0. The zero-order valence-electron chi connectivity index (χ0n) is 9.09. The largest absolute Gasteiger partial charge is 0.379 e. The van der Waals surface area contributed by atoms with Gasteiger partial charge >= 0.3 is 0 Å². The average molecular weight is 239 g/mol. The molecule has 0 amide bonds. The average Bonchev–Trinajstić information content (AvgIpc) is 2.63. The Morgan fingerprint density at radius 1 is 1.18 bits per heavy atom. The van der Waals surface area contributed by atoms with Crippen LogP contribution in [0.3, 0.4) is 0 Å². The Morgan fingerprint density at radius 2 is 2.00 bits per heavy atom. The summed E-state index contributed by atoms with van der Waals surface area (Å²) in [5.41, 5.74) is -0.0775. The Kier molecular flexibility index (Phi) is 2.38. The van der Waals surface area contributed by atoms with Crippen molar-refractivity contribution >= 4 is 5.69 Å². The topological polar surface area (TPSA) is 12.0 Å². The van der Waals surface area contributed by atoms with Gasteiger partial charge in [-0.15, -0.1) is 0 Å². The molecule has 3 atom stereocenters. The lowest BCUT2D eigenvalue weighted by molar-refractivity contribution is 0.217. The van der Waals surface area contributed by atoms with Crippen LogP contribution in [0.5, 0.6) is 0 Å². The van der Waals surface area contributed by atoms with Crippen LogP contribution in [0.25, 0.3) is 0 Å². The maximum atomic E-state index is 13.4. The summed E-state index contributed by atoms with van der Waals surface area (Å²) in [6.45, 7) is 0. The van der Waals surface area contributed by atoms with Gasteiger partial charge in [0.1, 0.15) is 5.82 Å². The van der Waals surface area contributed by atoms with Crippen LogP contribution in [0.4, 0.5) is 18.9 Å². The van der Waals surface area contributed by atoms with Crippen LogP contribution in [0.15, 0.2) is 24.3 Å². The molecule has 3 unspecified atom stereocenters. The first-order chi connectivity index (χ1) is 8.15. The van der Waals surface area contributed by atoms with Crippen molar-refractivity contribution in [3.63, 3.8) is 0 Å². The Balaban J connectivity index is 1.79. The summed E-state index contributed by atoms with van der Waals surface area (Å²) in [7, 11) is 0. The van der Waals surface area contributed by atoms with Crippen LogP contribution in [-0.4, -0.2) is 6.04 Å². The number of halogens is 3. The normalized spacial score (nSPS) is 29.9. The second-order valence-corrected chi connectivity index (χ2v) is 4.74. The molecular weight excluding hydrogens is 227 g/mol. The smallest absolute Gasteiger partial charge is 0.182 e. The number of hydrogen-bond donors (Lipinski definition) is 1. The minimum atomic E-state index is -1.15. The summed E-state index contributed by atoms with van der Waals surface area (Å²) in [6, 6.07) is 1.65. The second-order valence-electron chi connectivity index (χ2n) is 4.74. The Bertz CT molecular complexity index is 484. The van der Waals surface area contributed by atoms with E-state index in [-0.39, 0.29) is 11.7 Å². The van der Waals surface area contributed by atoms with Crippen molar-refractivity contribution in [2.24, 2.45) is 11.8 Å². The van der Waals surface area contributed by atoms with Crippen molar-refractivity contribution in [2.45, 2.75) is 18.9 Å². The molecule has 0 radical (unpaired) electrons. The van der Waals surface area contributed by atoms with Crippen molar-refractivity contribution < 1.29 is 13.2 Å². The van der Waals surface area contributed by atoms with Crippen LogP contribution >= 0.6 is 0 Å². The summed E-state index contributed by atoms with van der Waals surface area (Å²) in [4.78, 5) is 0. The van der Waals surface area contributed by atoms with E-state index in [0.29, 0.717) is 17.9 Å². The summed E-state index contributed by atoms with van der Waals surface area (Å²) in [5, 5.41) is 2.89. The van der Waals surface area contributed by atoms with Gasteiger partial charge in [0, 0.05) is 24.1 Å². The molecule has 0 bridgehead atoms. The molecule has 3 rings (SSSR count). The second kappa shape index (κ2) is 3.79. The number of anilines is 1. The van der Waals surface area contributed by atoms with E-state index in [1.165, 1.54) is 0 Å². The van der Waals surface area contributed by atoms with Crippen LogP contribution in [0.2, 0.25) is 0 Å². The van der Waals surface area contributed by atoms with Gasteiger partial charge in [0.05, 0.1) is 5.69 Å². The van der Waals surface area contributed by atoms with E-state index >= 15 is 0 Å². The predicted molar refractivity (Wildman–Crippen MR) is 59.1 cm³/mol. The number of benzene rings is 1. The van der Waals surface area contributed by atoms with Gasteiger partial charge in [0.25, 0.3) is 0 Å². The maximum absolute atomic E-state index is 13.4. The zero-order valence-corrected chi connectivity index (χ0v) is 9.09. The van der Waals surface area contributed by atoms with Crippen LogP contribution in [0, 0.1) is 29.3 Å². The molecule has 2 aliphatic rings. The minimum Gasteiger partial charge on any atom is -0.379 e. The van der Waals surface area contributed by atoms with E-state index in [2.05, 4.69) is 17.5 Å². The predicted octanol–water partition coefficient (Wildman–Crippen LogP) is 3.48. The first-order valence-corrected chi connectivity index (χ1v) is 5.73. The highest BCUT2D eigenvalue weighted by Gasteiger charge is 2.41. The molecule has 1 saturated carbocycles. The van der Waals surface area contributed by atoms with E-state index in [4.69, 9.17) is 0 Å². The number of fused-ring (bicyclic) bond motifs is 1. The molecule has 0 aromatic heterocycles. The van der Waals surface area contributed by atoms with Gasteiger partial charge in [-0.2, -0.15) is 0 Å². The van der Waals surface area contributed by atoms with Gasteiger partial charge in [-0.1, -0.05) is 12.2 Å². The van der Waals surface area contributed by atoms with E-state index in [9.17, 15) is 13.2 Å². The Morgan fingerprint density at radius 3 is 2.76 bits per heavy atom. The van der Waals surface area contributed by atoms with Gasteiger partial charge in [-0.25, -0.2) is 13.2 Å². The molecule has 1 aromatic carbocycles. The molecule has 0 heterocycles. The van der Waals surface area contributed by atoms with Crippen molar-refractivity contribution in [1.82, 2.24) is 0 Å². The Labute approximate surface area is 97.3 Å². The number of hydrogen-bond acceptors (Lipinski definition) is 1.